The standard InChI is InChI=1S/C16H14INO3/c1-10-6-7-14(13(8-10)16(20)21-2)18-15(19)11-4-3-5-12(17)9-11/h3-9H,1-2H3,(H,18,19). The Hall–Kier alpha value is -1.89. The van der Waals surface area contributed by atoms with E-state index in [2.05, 4.69) is 27.9 Å². The van der Waals surface area contributed by atoms with Gasteiger partial charge in [0.1, 0.15) is 0 Å². The molecule has 0 saturated carbocycles. The highest BCUT2D eigenvalue weighted by atomic mass is 127. The summed E-state index contributed by atoms with van der Waals surface area (Å²) in [5.74, 6) is -0.737. The number of methoxy groups -OCH3 is 1. The summed E-state index contributed by atoms with van der Waals surface area (Å²) < 4.78 is 5.72. The quantitative estimate of drug-likeness (QED) is 0.638. The van der Waals surface area contributed by atoms with Crippen molar-refractivity contribution in [1.82, 2.24) is 0 Å². The molecule has 1 amide bonds. The number of carbonyl (C=O) groups is 2. The summed E-state index contributed by atoms with van der Waals surface area (Å²) in [4.78, 5) is 24.0. The summed E-state index contributed by atoms with van der Waals surface area (Å²) in [6.45, 7) is 1.87. The number of hydrogen-bond donors (Lipinski definition) is 1. The zero-order chi connectivity index (χ0) is 15.4. The molecule has 21 heavy (non-hydrogen) atoms. The van der Waals surface area contributed by atoms with Crippen molar-refractivity contribution >= 4 is 40.2 Å². The van der Waals surface area contributed by atoms with Crippen molar-refractivity contribution in [2.75, 3.05) is 12.4 Å². The SMILES string of the molecule is COC(=O)c1cc(C)ccc1NC(=O)c1cccc(I)c1. The topological polar surface area (TPSA) is 55.4 Å². The maximum Gasteiger partial charge on any atom is 0.339 e. The highest BCUT2D eigenvalue weighted by Crippen LogP contribution is 2.19. The highest BCUT2D eigenvalue weighted by Gasteiger charge is 2.15. The molecule has 0 spiro atoms. The van der Waals surface area contributed by atoms with E-state index in [1.165, 1.54) is 7.11 Å². The summed E-state index contributed by atoms with van der Waals surface area (Å²) in [5, 5.41) is 2.75. The van der Waals surface area contributed by atoms with Gasteiger partial charge in [-0.15, -0.1) is 0 Å². The second-order valence-electron chi connectivity index (χ2n) is 4.51. The molecular weight excluding hydrogens is 381 g/mol. The number of rotatable bonds is 3. The van der Waals surface area contributed by atoms with E-state index in [0.717, 1.165) is 9.13 Å². The van der Waals surface area contributed by atoms with E-state index in [0.29, 0.717) is 16.8 Å². The van der Waals surface area contributed by atoms with Crippen LogP contribution in [0.15, 0.2) is 42.5 Å². The van der Waals surface area contributed by atoms with Gasteiger partial charge >= 0.3 is 5.97 Å². The number of esters is 1. The molecule has 108 valence electrons. The lowest BCUT2D eigenvalue weighted by atomic mass is 10.1. The lowest BCUT2D eigenvalue weighted by molar-refractivity contribution is 0.0602. The minimum absolute atomic E-state index is 0.262. The van der Waals surface area contributed by atoms with Crippen LogP contribution in [-0.2, 0) is 4.74 Å². The number of benzene rings is 2. The van der Waals surface area contributed by atoms with Crippen LogP contribution in [0.2, 0.25) is 0 Å². The number of nitrogens with one attached hydrogen (secondary N) is 1. The minimum Gasteiger partial charge on any atom is -0.465 e. The van der Waals surface area contributed by atoms with Crippen LogP contribution < -0.4 is 5.32 Å². The molecule has 0 fully saturated rings. The maximum absolute atomic E-state index is 12.2. The summed E-state index contributed by atoms with van der Waals surface area (Å²) in [6, 6.07) is 12.4. The highest BCUT2D eigenvalue weighted by molar-refractivity contribution is 14.1. The summed E-state index contributed by atoms with van der Waals surface area (Å²) >= 11 is 2.14. The van der Waals surface area contributed by atoms with E-state index >= 15 is 0 Å². The Bertz CT molecular complexity index is 698. The number of aryl methyl sites for hydroxylation is 1. The molecule has 0 saturated heterocycles. The first-order valence-electron chi connectivity index (χ1n) is 6.27. The Labute approximate surface area is 136 Å². The van der Waals surface area contributed by atoms with Crippen molar-refractivity contribution in [2.45, 2.75) is 6.92 Å². The molecule has 0 heterocycles. The zero-order valence-electron chi connectivity index (χ0n) is 11.6. The fourth-order valence-electron chi connectivity index (χ4n) is 1.87. The average molecular weight is 395 g/mol. The molecule has 1 N–H and O–H groups in total. The number of ether oxygens (including phenoxy) is 1. The summed E-state index contributed by atoms with van der Waals surface area (Å²) in [7, 11) is 1.32. The predicted octanol–water partition coefficient (Wildman–Crippen LogP) is 3.64. The third-order valence-corrected chi connectivity index (χ3v) is 3.59. The normalized spacial score (nSPS) is 10.0. The predicted molar refractivity (Wildman–Crippen MR) is 89.6 cm³/mol. The van der Waals surface area contributed by atoms with Gasteiger partial charge in [-0.05, 0) is 59.8 Å². The van der Waals surface area contributed by atoms with Gasteiger partial charge in [0.25, 0.3) is 5.91 Å². The molecule has 2 aromatic carbocycles. The van der Waals surface area contributed by atoms with Crippen LogP contribution in [0.1, 0.15) is 26.3 Å². The first-order chi connectivity index (χ1) is 10.0. The fourth-order valence-corrected chi connectivity index (χ4v) is 2.41. The van der Waals surface area contributed by atoms with E-state index < -0.39 is 5.97 Å². The van der Waals surface area contributed by atoms with Crippen LogP contribution in [0.4, 0.5) is 5.69 Å². The number of halogens is 1. The van der Waals surface area contributed by atoms with Gasteiger partial charge in [0.15, 0.2) is 0 Å². The third kappa shape index (κ3) is 3.81. The zero-order valence-corrected chi connectivity index (χ0v) is 13.8. The average Bonchev–Trinajstić information content (AvgIpc) is 2.48. The van der Waals surface area contributed by atoms with Gasteiger partial charge in [-0.25, -0.2) is 4.79 Å². The Morgan fingerprint density at radius 2 is 1.90 bits per heavy atom. The van der Waals surface area contributed by atoms with Crippen LogP contribution >= 0.6 is 22.6 Å². The first kappa shape index (κ1) is 15.5. The second-order valence-corrected chi connectivity index (χ2v) is 5.75. The fraction of sp³-hybridized carbons (Fsp3) is 0.125. The molecule has 2 rings (SSSR count). The van der Waals surface area contributed by atoms with E-state index in [-0.39, 0.29) is 5.91 Å². The molecule has 0 aliphatic carbocycles. The van der Waals surface area contributed by atoms with E-state index in [4.69, 9.17) is 4.74 Å². The maximum atomic E-state index is 12.2. The third-order valence-electron chi connectivity index (χ3n) is 2.92. The second kappa shape index (κ2) is 6.71. The largest absolute Gasteiger partial charge is 0.465 e. The summed E-state index contributed by atoms with van der Waals surface area (Å²) in [6.07, 6.45) is 0. The van der Waals surface area contributed by atoms with Crippen LogP contribution in [0, 0.1) is 10.5 Å². The molecule has 0 aliphatic rings. The van der Waals surface area contributed by atoms with Gasteiger partial charge in [0.05, 0.1) is 18.4 Å². The van der Waals surface area contributed by atoms with Crippen LogP contribution in [-0.4, -0.2) is 19.0 Å². The van der Waals surface area contributed by atoms with Gasteiger partial charge in [-0.1, -0.05) is 17.7 Å². The number of amides is 1. The molecule has 5 heteroatoms. The molecule has 0 unspecified atom stereocenters. The Morgan fingerprint density at radius 3 is 2.57 bits per heavy atom. The number of carbonyl (C=O) groups excluding carboxylic acids is 2. The van der Waals surface area contributed by atoms with Crippen LogP contribution in [0.5, 0.6) is 0 Å². The Kier molecular flexibility index (Phi) is 4.95. The van der Waals surface area contributed by atoms with Gasteiger partial charge in [0, 0.05) is 9.13 Å². The Balaban J connectivity index is 2.31. The van der Waals surface area contributed by atoms with Crippen molar-refractivity contribution < 1.29 is 14.3 Å². The molecular formula is C16H14INO3. The molecule has 2 aromatic rings. The summed E-state index contributed by atoms with van der Waals surface area (Å²) in [5.41, 5.74) is 2.24. The molecule has 0 radical (unpaired) electrons. The Morgan fingerprint density at radius 1 is 1.14 bits per heavy atom. The van der Waals surface area contributed by atoms with Crippen LogP contribution in [0.25, 0.3) is 0 Å². The number of hydrogen-bond acceptors (Lipinski definition) is 3. The lowest BCUT2D eigenvalue weighted by Crippen LogP contribution is -2.15. The lowest BCUT2D eigenvalue weighted by Gasteiger charge is -2.11. The van der Waals surface area contributed by atoms with Gasteiger partial charge < -0.3 is 10.1 Å². The van der Waals surface area contributed by atoms with Gasteiger partial charge in [-0.3, -0.25) is 4.79 Å². The van der Waals surface area contributed by atoms with Gasteiger partial charge in [0.2, 0.25) is 0 Å². The van der Waals surface area contributed by atoms with Crippen molar-refractivity contribution in [3.63, 3.8) is 0 Å². The van der Waals surface area contributed by atoms with Crippen molar-refractivity contribution in [1.29, 1.82) is 0 Å². The van der Waals surface area contributed by atoms with Crippen molar-refractivity contribution in [3.05, 3.63) is 62.7 Å². The number of anilines is 1. The van der Waals surface area contributed by atoms with E-state index in [1.54, 1.807) is 24.3 Å². The van der Waals surface area contributed by atoms with Crippen LogP contribution in [0.3, 0.4) is 0 Å². The smallest absolute Gasteiger partial charge is 0.339 e. The molecule has 0 aliphatic heterocycles. The van der Waals surface area contributed by atoms with Crippen molar-refractivity contribution in [3.8, 4) is 0 Å². The van der Waals surface area contributed by atoms with E-state index in [9.17, 15) is 9.59 Å². The van der Waals surface area contributed by atoms with E-state index in [1.807, 2.05) is 25.1 Å². The van der Waals surface area contributed by atoms with Gasteiger partial charge in [-0.2, -0.15) is 0 Å². The minimum atomic E-state index is -0.475. The van der Waals surface area contributed by atoms with Crippen molar-refractivity contribution in [2.24, 2.45) is 0 Å². The molecule has 0 atom stereocenters. The molecule has 0 aromatic heterocycles. The molecule has 4 nitrogen and oxygen atoms in total. The monoisotopic (exact) mass is 395 g/mol. The molecule has 0 bridgehead atoms. The first-order valence-corrected chi connectivity index (χ1v) is 7.35.